The zero-order valence-corrected chi connectivity index (χ0v) is 17.2. The van der Waals surface area contributed by atoms with E-state index >= 15 is 0 Å². The van der Waals surface area contributed by atoms with E-state index in [4.69, 9.17) is 5.10 Å². The number of hydrogen-bond donors (Lipinski definition) is 0. The Morgan fingerprint density at radius 3 is 2.41 bits per heavy atom. The summed E-state index contributed by atoms with van der Waals surface area (Å²) in [6.45, 7) is 9.86. The Morgan fingerprint density at radius 1 is 1.07 bits per heavy atom. The number of rotatable bonds is 6. The van der Waals surface area contributed by atoms with Crippen LogP contribution in [0.3, 0.4) is 0 Å². The van der Waals surface area contributed by atoms with Crippen LogP contribution in [0.1, 0.15) is 54.0 Å². The average Bonchev–Trinajstić information content (AvgIpc) is 3.00. The highest BCUT2D eigenvalue weighted by Crippen LogP contribution is 2.24. The highest BCUT2D eigenvalue weighted by atomic mass is 16.2. The van der Waals surface area contributed by atoms with Crippen molar-refractivity contribution in [2.45, 2.75) is 46.5 Å². The van der Waals surface area contributed by atoms with Gasteiger partial charge in [-0.3, -0.25) is 4.79 Å². The van der Waals surface area contributed by atoms with Crippen LogP contribution in [-0.4, -0.2) is 58.7 Å². The number of nitrogens with zero attached hydrogens (tertiary/aromatic N) is 4. The van der Waals surface area contributed by atoms with Gasteiger partial charge in [0.2, 0.25) is 0 Å². The fraction of sp³-hybridized carbons (Fsp3) is 0.545. The molecule has 0 aliphatic carbocycles. The molecule has 0 unspecified atom stereocenters. The summed E-state index contributed by atoms with van der Waals surface area (Å²) >= 11 is 0. The Balaban J connectivity index is 2.06. The number of piperazine rings is 1. The lowest BCUT2D eigenvalue weighted by atomic mass is 10.0. The number of hydrogen-bond acceptors (Lipinski definition) is 3. The summed E-state index contributed by atoms with van der Waals surface area (Å²) < 4.78 is 2.02. The largest absolute Gasteiger partial charge is 0.336 e. The maximum Gasteiger partial charge on any atom is 0.257 e. The highest BCUT2D eigenvalue weighted by Gasteiger charge is 2.28. The van der Waals surface area contributed by atoms with Crippen LogP contribution < -0.4 is 0 Å². The van der Waals surface area contributed by atoms with Gasteiger partial charge >= 0.3 is 0 Å². The molecule has 1 aromatic carbocycles. The first-order chi connectivity index (χ1) is 13.0. The third kappa shape index (κ3) is 4.24. The lowest BCUT2D eigenvalue weighted by Crippen LogP contribution is -2.47. The van der Waals surface area contributed by atoms with Gasteiger partial charge < -0.3 is 9.80 Å². The van der Waals surface area contributed by atoms with Crippen LogP contribution >= 0.6 is 0 Å². The van der Waals surface area contributed by atoms with E-state index in [-0.39, 0.29) is 5.91 Å². The first-order valence-electron chi connectivity index (χ1n) is 10.2. The minimum atomic E-state index is 0.161. The summed E-state index contributed by atoms with van der Waals surface area (Å²) in [5.74, 6) is 0.161. The van der Waals surface area contributed by atoms with Crippen LogP contribution in [0.5, 0.6) is 0 Å². The second-order valence-corrected chi connectivity index (χ2v) is 7.61. The van der Waals surface area contributed by atoms with Gasteiger partial charge in [0.15, 0.2) is 0 Å². The molecule has 0 bridgehead atoms. The zero-order valence-electron chi connectivity index (χ0n) is 17.2. The van der Waals surface area contributed by atoms with Crippen molar-refractivity contribution >= 4 is 5.91 Å². The van der Waals surface area contributed by atoms with Crippen LogP contribution in [0.4, 0.5) is 0 Å². The maximum atomic E-state index is 13.5. The van der Waals surface area contributed by atoms with Crippen LogP contribution in [0.25, 0.3) is 5.69 Å². The predicted octanol–water partition coefficient (Wildman–Crippen LogP) is 3.47. The third-order valence-electron chi connectivity index (χ3n) is 5.28. The lowest BCUT2D eigenvalue weighted by Gasteiger charge is -2.32. The van der Waals surface area contributed by atoms with E-state index in [1.54, 1.807) is 0 Å². The SMILES string of the molecule is CCCc1nn(-c2cccc(C)c2)c(CCC)c1C(=O)N1CCN(C)CC1. The topological polar surface area (TPSA) is 41.4 Å². The minimum Gasteiger partial charge on any atom is -0.336 e. The van der Waals surface area contributed by atoms with Crippen molar-refractivity contribution in [2.24, 2.45) is 0 Å². The molecular weight excluding hydrogens is 336 g/mol. The van der Waals surface area contributed by atoms with Gasteiger partial charge in [0.25, 0.3) is 5.91 Å². The molecule has 1 aliphatic rings. The number of likely N-dealkylation sites (N-methyl/N-ethyl adjacent to an activating group) is 1. The maximum absolute atomic E-state index is 13.5. The van der Waals surface area contributed by atoms with Gasteiger partial charge in [0.1, 0.15) is 0 Å². The van der Waals surface area contributed by atoms with E-state index in [2.05, 4.69) is 57.0 Å². The van der Waals surface area contributed by atoms with E-state index in [1.165, 1.54) is 5.56 Å². The Hall–Kier alpha value is -2.14. The van der Waals surface area contributed by atoms with Crippen molar-refractivity contribution in [1.29, 1.82) is 0 Å². The summed E-state index contributed by atoms with van der Waals surface area (Å²) in [6.07, 6.45) is 3.68. The standard InChI is InChI=1S/C22H32N4O/c1-5-8-19-21(22(27)25-14-12-24(4)13-15-25)20(9-6-2)26(23-19)18-11-7-10-17(3)16-18/h7,10-11,16H,5-6,8-9,12-15H2,1-4H3. The van der Waals surface area contributed by atoms with E-state index in [1.807, 2.05) is 9.58 Å². The average molecular weight is 369 g/mol. The van der Waals surface area contributed by atoms with Gasteiger partial charge in [-0.15, -0.1) is 0 Å². The molecule has 5 heteroatoms. The number of aromatic nitrogens is 2. The molecule has 1 aromatic heterocycles. The second kappa shape index (κ2) is 8.70. The van der Waals surface area contributed by atoms with Gasteiger partial charge in [-0.05, 0) is 44.5 Å². The fourth-order valence-electron chi connectivity index (χ4n) is 3.77. The summed E-state index contributed by atoms with van der Waals surface area (Å²) in [4.78, 5) is 17.8. The summed E-state index contributed by atoms with van der Waals surface area (Å²) in [5.41, 5.74) is 5.12. The molecule has 0 saturated carbocycles. The fourth-order valence-corrected chi connectivity index (χ4v) is 3.77. The number of aryl methyl sites for hydroxylation is 2. The Morgan fingerprint density at radius 2 is 1.78 bits per heavy atom. The summed E-state index contributed by atoms with van der Waals surface area (Å²) in [7, 11) is 2.11. The molecule has 1 fully saturated rings. The summed E-state index contributed by atoms with van der Waals surface area (Å²) in [6, 6.07) is 8.38. The van der Waals surface area contributed by atoms with Crippen molar-refractivity contribution in [3.05, 3.63) is 46.8 Å². The van der Waals surface area contributed by atoms with Crippen molar-refractivity contribution in [3.63, 3.8) is 0 Å². The van der Waals surface area contributed by atoms with Gasteiger partial charge in [-0.2, -0.15) is 5.10 Å². The van der Waals surface area contributed by atoms with Crippen molar-refractivity contribution in [3.8, 4) is 5.69 Å². The molecule has 0 radical (unpaired) electrons. The van der Waals surface area contributed by atoms with Gasteiger partial charge in [-0.1, -0.05) is 38.8 Å². The smallest absolute Gasteiger partial charge is 0.257 e. The molecular formula is C22H32N4O. The van der Waals surface area contributed by atoms with Gasteiger partial charge in [-0.25, -0.2) is 4.68 Å². The monoisotopic (exact) mass is 368 g/mol. The lowest BCUT2D eigenvalue weighted by molar-refractivity contribution is 0.0662. The molecule has 0 N–H and O–H groups in total. The van der Waals surface area contributed by atoms with E-state index in [0.717, 1.165) is 74.5 Å². The summed E-state index contributed by atoms with van der Waals surface area (Å²) in [5, 5.41) is 4.92. The molecule has 5 nitrogen and oxygen atoms in total. The normalized spacial score (nSPS) is 15.3. The van der Waals surface area contributed by atoms with Crippen LogP contribution in [0, 0.1) is 6.92 Å². The molecule has 0 atom stereocenters. The van der Waals surface area contributed by atoms with E-state index in [0.29, 0.717) is 0 Å². The predicted molar refractivity (Wildman–Crippen MR) is 110 cm³/mol. The van der Waals surface area contributed by atoms with E-state index in [9.17, 15) is 4.79 Å². The van der Waals surface area contributed by atoms with Crippen molar-refractivity contribution in [1.82, 2.24) is 19.6 Å². The van der Waals surface area contributed by atoms with Gasteiger partial charge in [0, 0.05) is 26.2 Å². The Labute approximate surface area is 163 Å². The van der Waals surface area contributed by atoms with Crippen LogP contribution in [0.2, 0.25) is 0 Å². The molecule has 3 rings (SSSR count). The molecule has 2 heterocycles. The minimum absolute atomic E-state index is 0.161. The molecule has 1 saturated heterocycles. The Bertz CT molecular complexity index is 788. The number of carbonyl (C=O) groups is 1. The number of amides is 1. The van der Waals surface area contributed by atoms with Crippen molar-refractivity contribution in [2.75, 3.05) is 33.2 Å². The van der Waals surface area contributed by atoms with Crippen LogP contribution in [-0.2, 0) is 12.8 Å². The zero-order chi connectivity index (χ0) is 19.4. The molecule has 146 valence electrons. The number of carbonyl (C=O) groups excluding carboxylic acids is 1. The molecule has 1 aliphatic heterocycles. The quantitative estimate of drug-likeness (QED) is 0.784. The van der Waals surface area contributed by atoms with E-state index < -0.39 is 0 Å². The molecule has 2 aromatic rings. The highest BCUT2D eigenvalue weighted by molar-refractivity contribution is 5.97. The van der Waals surface area contributed by atoms with Crippen LogP contribution in [0.15, 0.2) is 24.3 Å². The Kier molecular flexibility index (Phi) is 6.32. The second-order valence-electron chi connectivity index (χ2n) is 7.61. The first kappa shape index (κ1) is 19.6. The molecule has 0 spiro atoms. The number of benzene rings is 1. The van der Waals surface area contributed by atoms with Gasteiger partial charge in [0.05, 0.1) is 22.6 Å². The molecule has 27 heavy (non-hydrogen) atoms. The first-order valence-corrected chi connectivity index (χ1v) is 10.2. The molecule has 1 amide bonds. The van der Waals surface area contributed by atoms with Crippen molar-refractivity contribution < 1.29 is 4.79 Å². The third-order valence-corrected chi connectivity index (χ3v) is 5.28.